The van der Waals surface area contributed by atoms with E-state index in [0.717, 1.165) is 24.3 Å². The van der Waals surface area contributed by atoms with Crippen LogP contribution in [0.15, 0.2) is 36.4 Å². The van der Waals surface area contributed by atoms with Gasteiger partial charge in [-0.1, -0.05) is 12.1 Å². The minimum Gasteiger partial charge on any atom is -0.491 e. The van der Waals surface area contributed by atoms with Crippen molar-refractivity contribution >= 4 is 0 Å². The van der Waals surface area contributed by atoms with Crippen molar-refractivity contribution in [2.45, 2.75) is 65.6 Å². The molecule has 2 nitrogen and oxygen atoms in total. The van der Waals surface area contributed by atoms with Crippen molar-refractivity contribution in [3.63, 3.8) is 0 Å². The number of benzene rings is 2. The number of hydrogen-bond acceptors (Lipinski definition) is 2. The van der Waals surface area contributed by atoms with E-state index >= 15 is 0 Å². The zero-order valence-electron chi connectivity index (χ0n) is 15.8. The first kappa shape index (κ1) is 16.5. The van der Waals surface area contributed by atoms with E-state index in [1.165, 1.54) is 35.1 Å². The summed E-state index contributed by atoms with van der Waals surface area (Å²) in [6.07, 6.45) is 5.13. The van der Waals surface area contributed by atoms with Crippen LogP contribution in [0, 0.1) is 5.41 Å². The Morgan fingerprint density at radius 2 is 1.04 bits per heavy atom. The van der Waals surface area contributed by atoms with Gasteiger partial charge in [0.1, 0.15) is 11.5 Å². The maximum atomic E-state index is 5.89. The van der Waals surface area contributed by atoms with Crippen molar-refractivity contribution < 1.29 is 9.47 Å². The molecule has 0 aromatic heterocycles. The molecule has 0 bridgehead atoms. The van der Waals surface area contributed by atoms with E-state index in [1.807, 2.05) is 0 Å². The lowest BCUT2D eigenvalue weighted by molar-refractivity contribution is 0.242. The molecule has 0 saturated carbocycles. The van der Waals surface area contributed by atoms with Crippen LogP contribution in [-0.4, -0.2) is 12.2 Å². The van der Waals surface area contributed by atoms with E-state index in [9.17, 15) is 0 Å². The van der Waals surface area contributed by atoms with Gasteiger partial charge in [0.05, 0.1) is 12.2 Å². The van der Waals surface area contributed by atoms with Gasteiger partial charge in [-0.05, 0) is 105 Å². The molecule has 4 rings (SSSR count). The summed E-state index contributed by atoms with van der Waals surface area (Å²) in [5.74, 6) is 2.02. The normalized spacial score (nSPS) is 17.2. The lowest BCUT2D eigenvalue weighted by Gasteiger charge is -2.21. The van der Waals surface area contributed by atoms with Crippen molar-refractivity contribution in [2.24, 2.45) is 5.41 Å². The minimum atomic E-state index is 0.225. The van der Waals surface area contributed by atoms with Crippen molar-refractivity contribution in [3.8, 4) is 11.5 Å². The lowest BCUT2D eigenvalue weighted by atomic mass is 9.82. The zero-order valence-corrected chi connectivity index (χ0v) is 15.8. The number of fused-ring (bicyclic) bond motifs is 2. The predicted molar refractivity (Wildman–Crippen MR) is 102 cm³/mol. The van der Waals surface area contributed by atoms with Crippen LogP contribution in [-0.2, 0) is 25.7 Å². The third kappa shape index (κ3) is 3.27. The van der Waals surface area contributed by atoms with Gasteiger partial charge in [-0.15, -0.1) is 0 Å². The Morgan fingerprint density at radius 1 is 0.640 bits per heavy atom. The molecule has 0 saturated heterocycles. The zero-order chi connectivity index (χ0) is 17.6. The van der Waals surface area contributed by atoms with Crippen molar-refractivity contribution in [3.05, 3.63) is 58.7 Å². The summed E-state index contributed by atoms with van der Waals surface area (Å²) in [5.41, 5.74) is 6.32. The molecule has 0 amide bonds. The summed E-state index contributed by atoms with van der Waals surface area (Å²) >= 11 is 0. The molecule has 0 atom stereocenters. The lowest BCUT2D eigenvalue weighted by Crippen LogP contribution is -2.21. The van der Waals surface area contributed by atoms with Crippen molar-refractivity contribution in [1.29, 1.82) is 0 Å². The molecule has 1 spiro atoms. The maximum Gasteiger partial charge on any atom is 0.119 e. The summed E-state index contributed by atoms with van der Waals surface area (Å²) in [6, 6.07) is 13.3. The fourth-order valence-electron chi connectivity index (χ4n) is 4.56. The molecule has 0 fully saturated rings. The van der Waals surface area contributed by atoms with Crippen LogP contribution in [0.1, 0.15) is 49.9 Å². The Hall–Kier alpha value is -1.96. The van der Waals surface area contributed by atoms with E-state index in [-0.39, 0.29) is 12.2 Å². The van der Waals surface area contributed by atoms with Crippen LogP contribution in [0.5, 0.6) is 11.5 Å². The second-order valence-electron chi connectivity index (χ2n) is 8.40. The molecular weight excluding hydrogens is 308 g/mol. The highest BCUT2D eigenvalue weighted by Crippen LogP contribution is 2.48. The fourth-order valence-corrected chi connectivity index (χ4v) is 4.56. The summed E-state index contributed by atoms with van der Waals surface area (Å²) < 4.78 is 11.8. The van der Waals surface area contributed by atoms with Crippen LogP contribution in [0.4, 0.5) is 0 Å². The average Bonchev–Trinajstić information content (AvgIpc) is 3.03. The second-order valence-corrected chi connectivity index (χ2v) is 8.40. The minimum absolute atomic E-state index is 0.225. The van der Waals surface area contributed by atoms with Crippen LogP contribution in [0.25, 0.3) is 0 Å². The Labute approximate surface area is 151 Å². The molecule has 0 heterocycles. The van der Waals surface area contributed by atoms with Gasteiger partial charge in [0.15, 0.2) is 0 Å². The molecule has 2 aromatic rings. The molecule has 25 heavy (non-hydrogen) atoms. The van der Waals surface area contributed by atoms with Crippen LogP contribution < -0.4 is 9.47 Å². The Bertz CT molecular complexity index is 721. The summed E-state index contributed by atoms with van der Waals surface area (Å²) in [5, 5.41) is 0. The summed E-state index contributed by atoms with van der Waals surface area (Å²) in [6.45, 7) is 8.33. The number of ether oxygens (including phenoxy) is 2. The molecule has 0 unspecified atom stereocenters. The molecule has 2 aliphatic carbocycles. The van der Waals surface area contributed by atoms with Crippen LogP contribution >= 0.6 is 0 Å². The molecule has 0 radical (unpaired) electrons. The van der Waals surface area contributed by atoms with Gasteiger partial charge in [-0.3, -0.25) is 0 Å². The van der Waals surface area contributed by atoms with E-state index in [0.29, 0.717) is 5.41 Å². The van der Waals surface area contributed by atoms with Gasteiger partial charge < -0.3 is 9.47 Å². The highest BCUT2D eigenvalue weighted by atomic mass is 16.5. The van der Waals surface area contributed by atoms with Crippen LogP contribution in [0.3, 0.4) is 0 Å². The standard InChI is InChI=1S/C23H28O2/c1-15(2)24-21-7-5-17-11-23(13-19(17)9-21)12-18-6-8-22(25-16(3)4)10-20(18)14-23/h5-10,15-16H,11-14H2,1-4H3. The van der Waals surface area contributed by atoms with Gasteiger partial charge >= 0.3 is 0 Å². The third-order valence-corrected chi connectivity index (χ3v) is 5.36. The number of hydrogen-bond donors (Lipinski definition) is 0. The first-order chi connectivity index (χ1) is 11.9. The quantitative estimate of drug-likeness (QED) is 0.769. The first-order valence-electron chi connectivity index (χ1n) is 9.49. The SMILES string of the molecule is CC(C)Oc1ccc2c(c1)CC1(C2)Cc2ccc(OC(C)C)cc2C1. The van der Waals surface area contributed by atoms with E-state index in [1.54, 1.807) is 0 Å². The van der Waals surface area contributed by atoms with E-state index < -0.39 is 0 Å². The highest BCUT2D eigenvalue weighted by Gasteiger charge is 2.42. The van der Waals surface area contributed by atoms with Gasteiger partial charge in [0, 0.05) is 0 Å². The van der Waals surface area contributed by atoms with Gasteiger partial charge in [-0.25, -0.2) is 0 Å². The molecule has 2 aliphatic rings. The van der Waals surface area contributed by atoms with Crippen LogP contribution in [0.2, 0.25) is 0 Å². The van der Waals surface area contributed by atoms with Gasteiger partial charge in [-0.2, -0.15) is 0 Å². The largest absolute Gasteiger partial charge is 0.491 e. The highest BCUT2D eigenvalue weighted by molar-refractivity contribution is 5.46. The van der Waals surface area contributed by atoms with E-state index in [2.05, 4.69) is 64.1 Å². The predicted octanol–water partition coefficient (Wildman–Crippen LogP) is 5.14. The Morgan fingerprint density at radius 3 is 1.44 bits per heavy atom. The molecular formula is C23H28O2. The third-order valence-electron chi connectivity index (χ3n) is 5.36. The molecule has 2 heteroatoms. The Kier molecular flexibility index (Phi) is 4.02. The van der Waals surface area contributed by atoms with Gasteiger partial charge in [0.25, 0.3) is 0 Å². The molecule has 132 valence electrons. The first-order valence-corrected chi connectivity index (χ1v) is 9.49. The second kappa shape index (κ2) is 6.09. The summed E-state index contributed by atoms with van der Waals surface area (Å²) in [7, 11) is 0. The fraction of sp³-hybridized carbons (Fsp3) is 0.478. The topological polar surface area (TPSA) is 18.5 Å². The van der Waals surface area contributed by atoms with Crippen molar-refractivity contribution in [1.82, 2.24) is 0 Å². The average molecular weight is 336 g/mol. The maximum absolute atomic E-state index is 5.89. The molecule has 0 aliphatic heterocycles. The molecule has 0 N–H and O–H groups in total. The monoisotopic (exact) mass is 336 g/mol. The molecule has 2 aromatic carbocycles. The van der Waals surface area contributed by atoms with Gasteiger partial charge in [0.2, 0.25) is 0 Å². The van der Waals surface area contributed by atoms with Crippen molar-refractivity contribution in [2.75, 3.05) is 0 Å². The van der Waals surface area contributed by atoms with E-state index in [4.69, 9.17) is 9.47 Å². The summed E-state index contributed by atoms with van der Waals surface area (Å²) in [4.78, 5) is 0. The number of rotatable bonds is 4. The smallest absolute Gasteiger partial charge is 0.119 e. The Balaban J connectivity index is 1.54.